The Morgan fingerprint density at radius 2 is 1.94 bits per heavy atom. The first-order valence-electron chi connectivity index (χ1n) is 9.95. The molecule has 1 unspecified atom stereocenters. The summed E-state index contributed by atoms with van der Waals surface area (Å²) in [7, 11) is -3.83. The number of hydrogen-bond donors (Lipinski definition) is 3. The minimum Gasteiger partial charge on any atom is -0.546 e. The van der Waals surface area contributed by atoms with Crippen LogP contribution in [0.5, 0.6) is 5.75 Å². The number of sulfonamides is 1. The lowest BCUT2D eigenvalue weighted by atomic mass is 9.83. The van der Waals surface area contributed by atoms with Crippen molar-refractivity contribution in [1.29, 1.82) is 0 Å². The summed E-state index contributed by atoms with van der Waals surface area (Å²) in [5.74, 6) is -0.0342. The largest absolute Gasteiger partial charge is 0.546 e. The van der Waals surface area contributed by atoms with Crippen molar-refractivity contribution in [2.24, 2.45) is 5.41 Å². The van der Waals surface area contributed by atoms with Crippen LogP contribution in [0.2, 0.25) is 0 Å². The van der Waals surface area contributed by atoms with Crippen LogP contribution in [0.25, 0.3) is 0 Å². The van der Waals surface area contributed by atoms with Crippen molar-refractivity contribution in [3.8, 4) is 5.75 Å². The van der Waals surface area contributed by atoms with Crippen LogP contribution in [0.4, 0.5) is 17.3 Å². The molecule has 0 aromatic carbocycles. The highest BCUT2D eigenvalue weighted by Crippen LogP contribution is 2.43. The van der Waals surface area contributed by atoms with Crippen LogP contribution in [-0.2, 0) is 10.0 Å². The third-order valence-corrected chi connectivity index (χ3v) is 9.07. The normalized spacial score (nSPS) is 14.0. The summed E-state index contributed by atoms with van der Waals surface area (Å²) in [5, 5.41) is 18.2. The predicted octanol–water partition coefficient (Wildman–Crippen LogP) is 4.54. The Hall–Kier alpha value is -2.19. The van der Waals surface area contributed by atoms with Crippen molar-refractivity contribution < 1.29 is 22.5 Å². The molecule has 3 aromatic heterocycles. The van der Waals surface area contributed by atoms with Crippen LogP contribution in [0, 0.1) is 5.41 Å². The number of rotatable bonds is 9. The molecule has 0 spiro atoms. The minimum absolute atomic E-state index is 0.140. The second kappa shape index (κ2) is 9.35. The number of aromatic hydroxyl groups is 1. The molecular weight excluding hydrogens is 474 g/mol. The SMILES string of the molecule is CCN(CC)S(=O)(=O)c1scc(Nc2n[s+]([O-])nc2N[C@@H](c2ccoc2)C(C)(C)C)c1O. The fraction of sp³-hybridized carbons (Fsp3) is 0.474. The first kappa shape index (κ1) is 24.5. The molecule has 32 heavy (non-hydrogen) atoms. The number of aromatic nitrogens is 2. The highest BCUT2D eigenvalue weighted by atomic mass is 32.2. The molecule has 3 aromatic rings. The van der Waals surface area contributed by atoms with Gasteiger partial charge in [0.05, 0.1) is 24.3 Å². The molecule has 3 rings (SSSR count). The van der Waals surface area contributed by atoms with Crippen molar-refractivity contribution >= 4 is 49.8 Å². The van der Waals surface area contributed by atoms with Crippen molar-refractivity contribution in [2.45, 2.75) is 44.9 Å². The van der Waals surface area contributed by atoms with Crippen molar-refractivity contribution in [1.82, 2.24) is 13.1 Å². The summed E-state index contributed by atoms with van der Waals surface area (Å²) in [6.45, 7) is 10.1. The molecule has 10 nitrogen and oxygen atoms in total. The van der Waals surface area contributed by atoms with Crippen molar-refractivity contribution in [3.63, 3.8) is 0 Å². The number of nitrogens with zero attached hydrogens (tertiary/aromatic N) is 3. The molecule has 0 fully saturated rings. The molecule has 2 atom stereocenters. The zero-order chi connectivity index (χ0) is 23.7. The summed E-state index contributed by atoms with van der Waals surface area (Å²) in [6, 6.07) is 1.59. The second-order valence-electron chi connectivity index (χ2n) is 8.11. The maximum atomic E-state index is 12.8. The first-order chi connectivity index (χ1) is 15.0. The molecule has 13 heteroatoms. The summed E-state index contributed by atoms with van der Waals surface area (Å²) in [4.78, 5) is 0. The number of anilines is 3. The van der Waals surface area contributed by atoms with Crippen LogP contribution < -0.4 is 10.6 Å². The standard InChI is InChI=1S/C19H27N5O5S3/c1-6-24(7-2)32(27,28)18-14(25)13(11-30-18)20-16-17(23-31(26)22-16)21-15(19(3,4)5)12-8-9-29-10-12/h8-11,15,25H,6-7H2,1-5H3,(H,20,22)(H,21,23)/t15-,31?/m0/s1. The predicted molar refractivity (Wildman–Crippen MR) is 125 cm³/mol. The first-order valence-corrected chi connectivity index (χ1v) is 13.3. The van der Waals surface area contributed by atoms with E-state index >= 15 is 0 Å². The number of nitrogens with one attached hydrogen (secondary N) is 2. The summed E-state index contributed by atoms with van der Waals surface area (Å²) < 4.78 is 52.0. The third-order valence-electron chi connectivity index (χ3n) is 4.85. The lowest BCUT2D eigenvalue weighted by Gasteiger charge is -2.30. The van der Waals surface area contributed by atoms with Gasteiger partial charge in [0.25, 0.3) is 10.0 Å². The molecular formula is C19H27N5O5S3. The Labute approximate surface area is 194 Å². The van der Waals surface area contributed by atoms with Crippen LogP contribution >= 0.6 is 22.5 Å². The molecule has 0 aliphatic heterocycles. The topological polar surface area (TPSA) is 144 Å². The third kappa shape index (κ3) is 4.91. The number of furan rings is 1. The Balaban J connectivity index is 1.92. The van der Waals surface area contributed by atoms with E-state index in [0.29, 0.717) is 0 Å². The molecule has 0 amide bonds. The number of thiophene rings is 1. The van der Waals surface area contributed by atoms with Crippen LogP contribution in [-0.4, -0.2) is 44.2 Å². The maximum Gasteiger partial charge on any atom is 0.256 e. The Morgan fingerprint density at radius 3 is 2.50 bits per heavy atom. The summed E-state index contributed by atoms with van der Waals surface area (Å²) in [5.41, 5.74) is 0.767. The van der Waals surface area contributed by atoms with Crippen molar-refractivity contribution in [3.05, 3.63) is 29.5 Å². The van der Waals surface area contributed by atoms with Gasteiger partial charge in [-0.1, -0.05) is 34.6 Å². The van der Waals surface area contributed by atoms with E-state index in [2.05, 4.69) is 19.4 Å². The van der Waals surface area contributed by atoms with Gasteiger partial charge in [-0.15, -0.1) is 11.3 Å². The van der Waals surface area contributed by atoms with Crippen LogP contribution in [0.15, 0.2) is 32.6 Å². The lowest BCUT2D eigenvalue weighted by Crippen LogP contribution is -2.30. The van der Waals surface area contributed by atoms with Gasteiger partial charge in [-0.3, -0.25) is 0 Å². The van der Waals surface area contributed by atoms with Gasteiger partial charge in [0.15, 0.2) is 21.1 Å². The fourth-order valence-corrected chi connectivity index (χ4v) is 6.69. The van der Waals surface area contributed by atoms with Gasteiger partial charge >= 0.3 is 0 Å². The Kier molecular flexibility index (Phi) is 7.15. The molecule has 0 radical (unpaired) electrons. The van der Waals surface area contributed by atoms with Gasteiger partial charge in [-0.2, -0.15) is 4.31 Å². The zero-order valence-corrected chi connectivity index (χ0v) is 20.9. The Bertz CT molecular complexity index is 1140. The quantitative estimate of drug-likeness (QED) is 0.360. The number of hydrogen-bond acceptors (Lipinski definition) is 10. The van der Waals surface area contributed by atoms with E-state index < -0.39 is 26.9 Å². The molecule has 176 valence electrons. The highest BCUT2D eigenvalue weighted by molar-refractivity contribution is 7.91. The smallest absolute Gasteiger partial charge is 0.256 e. The summed E-state index contributed by atoms with van der Waals surface area (Å²) >= 11 is -0.953. The molecule has 0 saturated heterocycles. The molecule has 3 N–H and O–H groups in total. The Morgan fingerprint density at radius 1 is 1.28 bits per heavy atom. The zero-order valence-electron chi connectivity index (χ0n) is 18.4. The minimum atomic E-state index is -3.83. The van der Waals surface area contributed by atoms with E-state index in [0.717, 1.165) is 16.9 Å². The fourth-order valence-electron chi connectivity index (χ4n) is 3.23. The molecule has 0 aliphatic rings. The van der Waals surface area contributed by atoms with E-state index in [1.54, 1.807) is 26.4 Å². The van der Waals surface area contributed by atoms with Gasteiger partial charge in [-0.25, -0.2) is 8.42 Å². The molecule has 0 aliphatic carbocycles. The van der Waals surface area contributed by atoms with Crippen molar-refractivity contribution in [2.75, 3.05) is 23.7 Å². The van der Waals surface area contributed by atoms with Gasteiger partial charge in [0.2, 0.25) is 11.6 Å². The van der Waals surface area contributed by atoms with Gasteiger partial charge in [0.1, 0.15) is 0 Å². The van der Waals surface area contributed by atoms with E-state index in [4.69, 9.17) is 4.42 Å². The van der Waals surface area contributed by atoms with Crippen LogP contribution in [0.3, 0.4) is 0 Å². The second-order valence-corrected chi connectivity index (χ2v) is 11.9. The average Bonchev–Trinajstić information content (AvgIpc) is 3.42. The highest BCUT2D eigenvalue weighted by Gasteiger charge is 2.32. The maximum absolute atomic E-state index is 12.8. The molecule has 0 saturated carbocycles. The van der Waals surface area contributed by atoms with Gasteiger partial charge < -0.3 is 24.7 Å². The average molecular weight is 502 g/mol. The van der Waals surface area contributed by atoms with Crippen LogP contribution in [0.1, 0.15) is 46.2 Å². The monoisotopic (exact) mass is 501 g/mol. The summed E-state index contributed by atoms with van der Waals surface area (Å²) in [6.07, 6.45) is 3.19. The van der Waals surface area contributed by atoms with E-state index in [1.165, 1.54) is 9.69 Å². The van der Waals surface area contributed by atoms with Gasteiger partial charge in [-0.05, 0) is 11.5 Å². The molecule has 3 heterocycles. The van der Waals surface area contributed by atoms with Gasteiger partial charge in [0, 0.05) is 32.8 Å². The van der Waals surface area contributed by atoms with E-state index in [1.807, 2.05) is 26.8 Å². The molecule has 0 bridgehead atoms. The lowest BCUT2D eigenvalue weighted by molar-refractivity contribution is 0.345. The van der Waals surface area contributed by atoms with E-state index in [-0.39, 0.29) is 46.1 Å². The van der Waals surface area contributed by atoms with E-state index in [9.17, 15) is 18.1 Å².